The molecule has 2 aliphatic heterocycles. The fraction of sp³-hybridized carbons (Fsp3) is 0.296. The van der Waals surface area contributed by atoms with E-state index in [1.807, 2.05) is 18.2 Å². The average molecular weight is 397 g/mol. The van der Waals surface area contributed by atoms with Gasteiger partial charge in [0.25, 0.3) is 0 Å². The summed E-state index contributed by atoms with van der Waals surface area (Å²) in [6.45, 7) is 4.44. The monoisotopic (exact) mass is 396 g/mol. The molecule has 0 amide bonds. The minimum absolute atomic E-state index is 0.474. The van der Waals surface area contributed by atoms with Crippen LogP contribution in [-0.2, 0) is 6.42 Å². The molecular weight excluding hydrogens is 368 g/mol. The van der Waals surface area contributed by atoms with Crippen LogP contribution in [0.25, 0.3) is 33.4 Å². The summed E-state index contributed by atoms with van der Waals surface area (Å²) >= 11 is 0. The molecule has 152 valence electrons. The Bertz CT molecular complexity index is 1200. The Morgan fingerprint density at radius 3 is 2.47 bits per heavy atom. The SMILES string of the molecule is CCCc1ccc(-c2c3ccc(=N)cc-3oc3cc(N4CCCCC4)ccc23)cc1. The van der Waals surface area contributed by atoms with Crippen LogP contribution in [0.2, 0.25) is 0 Å². The predicted molar refractivity (Wildman–Crippen MR) is 124 cm³/mol. The second kappa shape index (κ2) is 7.98. The van der Waals surface area contributed by atoms with Crippen LogP contribution in [-0.4, -0.2) is 13.1 Å². The first-order valence-corrected chi connectivity index (χ1v) is 11.1. The third-order valence-corrected chi connectivity index (χ3v) is 6.21. The molecule has 2 aromatic carbocycles. The summed E-state index contributed by atoms with van der Waals surface area (Å²) in [5, 5.41) is 9.67. The molecular formula is C27H28N2O. The van der Waals surface area contributed by atoms with Crippen LogP contribution in [0.4, 0.5) is 5.69 Å². The third kappa shape index (κ3) is 3.49. The lowest BCUT2D eigenvalue weighted by molar-refractivity contribution is 0.576. The highest BCUT2D eigenvalue weighted by Gasteiger charge is 2.19. The molecule has 2 aromatic rings. The molecule has 0 unspecified atom stereocenters. The summed E-state index contributed by atoms with van der Waals surface area (Å²) in [5.74, 6) is 0.776. The molecule has 2 heterocycles. The lowest BCUT2D eigenvalue weighted by atomic mass is 9.92. The van der Waals surface area contributed by atoms with Crippen LogP contribution >= 0.6 is 0 Å². The second-order valence-corrected chi connectivity index (χ2v) is 8.36. The quantitative estimate of drug-likeness (QED) is 0.393. The topological polar surface area (TPSA) is 40.2 Å². The minimum atomic E-state index is 0.474. The van der Waals surface area contributed by atoms with E-state index in [0.29, 0.717) is 5.36 Å². The molecule has 1 aliphatic carbocycles. The highest BCUT2D eigenvalue weighted by Crippen LogP contribution is 2.41. The van der Waals surface area contributed by atoms with Crippen LogP contribution in [0, 0.1) is 5.41 Å². The Labute approximate surface area is 177 Å². The number of benzene rings is 3. The summed E-state index contributed by atoms with van der Waals surface area (Å²) in [6.07, 6.45) is 6.09. The smallest absolute Gasteiger partial charge is 0.137 e. The first kappa shape index (κ1) is 18.9. The maximum Gasteiger partial charge on any atom is 0.137 e. The van der Waals surface area contributed by atoms with E-state index in [0.717, 1.165) is 48.2 Å². The molecule has 3 heteroatoms. The van der Waals surface area contributed by atoms with Gasteiger partial charge in [0.1, 0.15) is 11.3 Å². The van der Waals surface area contributed by atoms with Gasteiger partial charge in [0, 0.05) is 47.4 Å². The number of fused-ring (bicyclic) bond motifs is 2. The Hall–Kier alpha value is -3.07. The van der Waals surface area contributed by atoms with Crippen molar-refractivity contribution in [3.8, 4) is 22.5 Å². The van der Waals surface area contributed by atoms with E-state index in [4.69, 9.17) is 9.83 Å². The third-order valence-electron chi connectivity index (χ3n) is 6.21. The maximum atomic E-state index is 8.07. The number of piperidine rings is 1. The van der Waals surface area contributed by atoms with Crippen molar-refractivity contribution < 1.29 is 4.42 Å². The van der Waals surface area contributed by atoms with Gasteiger partial charge >= 0.3 is 0 Å². The predicted octanol–water partition coefficient (Wildman–Crippen LogP) is 6.63. The Balaban J connectivity index is 1.71. The van der Waals surface area contributed by atoms with Gasteiger partial charge in [0.15, 0.2) is 0 Å². The first-order valence-electron chi connectivity index (χ1n) is 11.1. The summed E-state index contributed by atoms with van der Waals surface area (Å²) < 4.78 is 6.34. The van der Waals surface area contributed by atoms with E-state index in [1.54, 1.807) is 0 Å². The Morgan fingerprint density at radius 1 is 0.900 bits per heavy atom. The maximum absolute atomic E-state index is 8.07. The van der Waals surface area contributed by atoms with Gasteiger partial charge < -0.3 is 14.7 Å². The van der Waals surface area contributed by atoms with Crippen LogP contribution in [0.15, 0.2) is 65.1 Å². The standard InChI is InChI=1S/C27H28N2O/c1-2-6-19-7-9-20(10-8-19)27-23-13-11-21(28)17-25(23)30-26-18-22(12-14-24(26)27)29-15-4-3-5-16-29/h7-14,17-18,28H,2-6,15-16H2,1H3. The molecule has 0 saturated carbocycles. The zero-order valence-corrected chi connectivity index (χ0v) is 17.6. The minimum Gasteiger partial charge on any atom is -0.456 e. The molecule has 0 radical (unpaired) electrons. The van der Waals surface area contributed by atoms with Gasteiger partial charge in [-0.15, -0.1) is 0 Å². The number of hydrogen-bond donors (Lipinski definition) is 1. The van der Waals surface area contributed by atoms with Gasteiger partial charge in [-0.1, -0.05) is 37.6 Å². The van der Waals surface area contributed by atoms with E-state index in [9.17, 15) is 0 Å². The molecule has 1 N–H and O–H groups in total. The summed E-state index contributed by atoms with van der Waals surface area (Å²) in [6, 6.07) is 21.3. The number of hydrogen-bond acceptors (Lipinski definition) is 3. The number of nitrogens with zero attached hydrogens (tertiary/aromatic N) is 1. The van der Waals surface area contributed by atoms with Crippen molar-refractivity contribution in [3.05, 3.63) is 71.6 Å². The number of anilines is 1. The van der Waals surface area contributed by atoms with Crippen LogP contribution in [0.3, 0.4) is 0 Å². The van der Waals surface area contributed by atoms with Crippen molar-refractivity contribution in [3.63, 3.8) is 0 Å². The van der Waals surface area contributed by atoms with E-state index >= 15 is 0 Å². The number of aryl methyl sites for hydroxylation is 1. The molecule has 30 heavy (non-hydrogen) atoms. The van der Waals surface area contributed by atoms with Gasteiger partial charge in [0.05, 0.1) is 5.36 Å². The summed E-state index contributed by atoms with van der Waals surface area (Å²) in [4.78, 5) is 2.46. The van der Waals surface area contributed by atoms with Crippen LogP contribution in [0.5, 0.6) is 0 Å². The summed E-state index contributed by atoms with van der Waals surface area (Å²) in [5.41, 5.74) is 6.95. The van der Waals surface area contributed by atoms with Gasteiger partial charge in [-0.2, -0.15) is 0 Å². The van der Waals surface area contributed by atoms with Crippen LogP contribution in [0.1, 0.15) is 38.2 Å². The van der Waals surface area contributed by atoms with Crippen molar-refractivity contribution in [1.82, 2.24) is 0 Å². The first-order chi connectivity index (χ1) is 14.7. The lowest BCUT2D eigenvalue weighted by Gasteiger charge is -2.29. The number of nitrogens with one attached hydrogen (secondary N) is 1. The lowest BCUT2D eigenvalue weighted by Crippen LogP contribution is -2.29. The zero-order chi connectivity index (χ0) is 20.5. The number of rotatable bonds is 4. The van der Waals surface area contributed by atoms with E-state index in [1.165, 1.54) is 41.6 Å². The van der Waals surface area contributed by atoms with E-state index in [2.05, 4.69) is 54.3 Å². The molecule has 0 spiro atoms. The molecule has 0 bridgehead atoms. The molecule has 3 aliphatic rings. The van der Waals surface area contributed by atoms with E-state index in [-0.39, 0.29) is 0 Å². The van der Waals surface area contributed by atoms with Crippen molar-refractivity contribution >= 4 is 16.7 Å². The van der Waals surface area contributed by atoms with Gasteiger partial charge in [-0.25, -0.2) is 0 Å². The van der Waals surface area contributed by atoms with Crippen LogP contribution < -0.4 is 10.3 Å². The molecule has 0 atom stereocenters. The second-order valence-electron chi connectivity index (χ2n) is 8.36. The molecule has 1 saturated heterocycles. The Kier molecular flexibility index (Phi) is 5.04. The van der Waals surface area contributed by atoms with E-state index < -0.39 is 0 Å². The normalized spacial score (nSPS) is 14.5. The fourth-order valence-electron chi connectivity index (χ4n) is 4.67. The van der Waals surface area contributed by atoms with Gasteiger partial charge in [-0.05, 0) is 61.1 Å². The Morgan fingerprint density at radius 2 is 1.70 bits per heavy atom. The molecule has 1 fully saturated rings. The van der Waals surface area contributed by atoms with Crippen molar-refractivity contribution in [1.29, 1.82) is 5.41 Å². The van der Waals surface area contributed by atoms with Crippen molar-refractivity contribution in [2.45, 2.75) is 39.0 Å². The van der Waals surface area contributed by atoms with Crippen molar-refractivity contribution in [2.24, 2.45) is 0 Å². The molecule has 0 aromatic heterocycles. The highest BCUT2D eigenvalue weighted by molar-refractivity contribution is 6.02. The van der Waals surface area contributed by atoms with Crippen molar-refractivity contribution in [2.75, 3.05) is 18.0 Å². The van der Waals surface area contributed by atoms with Gasteiger partial charge in [-0.3, -0.25) is 0 Å². The molecule has 5 rings (SSSR count). The average Bonchev–Trinajstić information content (AvgIpc) is 2.78. The fourth-order valence-corrected chi connectivity index (χ4v) is 4.67. The highest BCUT2D eigenvalue weighted by atomic mass is 16.3. The summed E-state index contributed by atoms with van der Waals surface area (Å²) in [7, 11) is 0. The largest absolute Gasteiger partial charge is 0.456 e. The zero-order valence-electron chi connectivity index (χ0n) is 17.6. The molecule has 3 nitrogen and oxygen atoms in total. The van der Waals surface area contributed by atoms with Gasteiger partial charge in [0.2, 0.25) is 0 Å².